The molecule has 2 N–H and O–H groups in total. The molecule has 1 heterocycles. The van der Waals surface area contributed by atoms with Crippen molar-refractivity contribution < 1.29 is 13.2 Å². The minimum Gasteiger partial charge on any atom is -0.301 e. The summed E-state index contributed by atoms with van der Waals surface area (Å²) in [6.45, 7) is 11.2. The molecule has 0 bridgehead atoms. The summed E-state index contributed by atoms with van der Waals surface area (Å²) >= 11 is 1.29. The largest absolute Gasteiger partial charge is 0.301 e. The van der Waals surface area contributed by atoms with Crippen LogP contribution in [-0.2, 0) is 20.2 Å². The van der Waals surface area contributed by atoms with E-state index in [4.69, 9.17) is 0 Å². The normalized spacial score (nSPS) is 13.1. The molecule has 0 aliphatic carbocycles. The molecular weight excluding hydrogens is 334 g/mol. The SMILES string of the molecule is CCCCNS(=O)(=O)C(C)(C)C(=O)Nc1nc(C(C)(C)C)cs1. The van der Waals surface area contributed by atoms with Crippen LogP contribution in [0.1, 0.15) is 60.1 Å². The van der Waals surface area contributed by atoms with Crippen molar-refractivity contribution in [3.05, 3.63) is 11.1 Å². The van der Waals surface area contributed by atoms with Gasteiger partial charge in [-0.15, -0.1) is 11.3 Å². The smallest absolute Gasteiger partial charge is 0.248 e. The van der Waals surface area contributed by atoms with E-state index in [1.54, 1.807) is 0 Å². The fraction of sp³-hybridized carbons (Fsp3) is 0.733. The number of carbonyl (C=O) groups excluding carboxylic acids is 1. The molecule has 23 heavy (non-hydrogen) atoms. The minimum absolute atomic E-state index is 0.122. The molecule has 0 saturated carbocycles. The predicted octanol–water partition coefficient (Wildman–Crippen LogP) is 2.88. The van der Waals surface area contributed by atoms with Crippen LogP contribution in [0.2, 0.25) is 0 Å². The van der Waals surface area contributed by atoms with Crippen LogP contribution in [0.4, 0.5) is 5.13 Å². The van der Waals surface area contributed by atoms with Gasteiger partial charge in [0, 0.05) is 17.3 Å². The lowest BCUT2D eigenvalue weighted by Crippen LogP contribution is -2.50. The lowest BCUT2D eigenvalue weighted by atomic mass is 9.93. The number of nitrogens with one attached hydrogen (secondary N) is 2. The lowest BCUT2D eigenvalue weighted by molar-refractivity contribution is -0.117. The molecule has 0 radical (unpaired) electrons. The van der Waals surface area contributed by atoms with E-state index in [0.29, 0.717) is 11.7 Å². The second kappa shape index (κ2) is 7.27. The summed E-state index contributed by atoms with van der Waals surface area (Å²) in [4.78, 5) is 16.8. The average Bonchev–Trinajstić information content (AvgIpc) is 2.87. The first-order chi connectivity index (χ1) is 10.4. The number of carbonyl (C=O) groups is 1. The van der Waals surface area contributed by atoms with Gasteiger partial charge < -0.3 is 5.32 Å². The molecule has 132 valence electrons. The summed E-state index contributed by atoms with van der Waals surface area (Å²) in [6.07, 6.45) is 1.61. The summed E-state index contributed by atoms with van der Waals surface area (Å²) in [6, 6.07) is 0. The zero-order valence-electron chi connectivity index (χ0n) is 14.7. The first-order valence-electron chi connectivity index (χ1n) is 7.68. The second-order valence-corrected chi connectivity index (χ2v) is 10.2. The number of amides is 1. The van der Waals surface area contributed by atoms with Gasteiger partial charge in [-0.1, -0.05) is 34.1 Å². The van der Waals surface area contributed by atoms with Crippen molar-refractivity contribution in [2.24, 2.45) is 0 Å². The van der Waals surface area contributed by atoms with Crippen LogP contribution in [0.15, 0.2) is 5.38 Å². The van der Waals surface area contributed by atoms with Gasteiger partial charge in [-0.05, 0) is 20.3 Å². The minimum atomic E-state index is -3.76. The Kier molecular flexibility index (Phi) is 6.34. The van der Waals surface area contributed by atoms with Crippen LogP contribution in [-0.4, -0.2) is 30.6 Å². The summed E-state index contributed by atoms with van der Waals surface area (Å²) in [5.41, 5.74) is 0.738. The summed E-state index contributed by atoms with van der Waals surface area (Å²) < 4.78 is 25.6. The van der Waals surface area contributed by atoms with Gasteiger partial charge in [0.2, 0.25) is 15.9 Å². The van der Waals surface area contributed by atoms with Gasteiger partial charge in [0.1, 0.15) is 0 Å². The van der Waals surface area contributed by atoms with Crippen molar-refractivity contribution in [1.82, 2.24) is 9.71 Å². The highest BCUT2D eigenvalue weighted by molar-refractivity contribution is 7.91. The Labute approximate surface area is 143 Å². The first kappa shape index (κ1) is 20.1. The third kappa shape index (κ3) is 4.99. The van der Waals surface area contributed by atoms with Gasteiger partial charge in [0.25, 0.3) is 0 Å². The number of aromatic nitrogens is 1. The van der Waals surface area contributed by atoms with Gasteiger partial charge in [-0.3, -0.25) is 4.79 Å². The van der Waals surface area contributed by atoms with E-state index in [1.165, 1.54) is 25.2 Å². The Morgan fingerprint density at radius 3 is 2.35 bits per heavy atom. The molecule has 1 aromatic rings. The molecule has 0 aliphatic rings. The van der Waals surface area contributed by atoms with Crippen molar-refractivity contribution in [1.29, 1.82) is 0 Å². The van der Waals surface area contributed by atoms with E-state index >= 15 is 0 Å². The zero-order chi connectivity index (χ0) is 17.9. The average molecular weight is 362 g/mol. The maximum absolute atomic E-state index is 12.4. The molecular formula is C15H27N3O3S2. The number of hydrogen-bond donors (Lipinski definition) is 2. The number of thiazole rings is 1. The van der Waals surface area contributed by atoms with Gasteiger partial charge in [0.05, 0.1) is 5.69 Å². The molecule has 8 heteroatoms. The molecule has 0 aliphatic heterocycles. The summed E-state index contributed by atoms with van der Waals surface area (Å²) in [7, 11) is -3.76. The fourth-order valence-corrected chi connectivity index (χ4v) is 3.61. The van der Waals surface area contributed by atoms with Gasteiger partial charge in [0.15, 0.2) is 9.88 Å². The quantitative estimate of drug-likeness (QED) is 0.731. The second-order valence-electron chi connectivity index (χ2n) is 7.00. The molecule has 0 fully saturated rings. The maximum atomic E-state index is 12.4. The number of rotatable bonds is 7. The molecule has 0 unspecified atom stereocenters. The summed E-state index contributed by atoms with van der Waals surface area (Å²) in [5, 5.41) is 4.91. The lowest BCUT2D eigenvalue weighted by Gasteiger charge is -2.23. The van der Waals surface area contributed by atoms with Crippen LogP contribution in [0.25, 0.3) is 0 Å². The molecule has 0 aromatic carbocycles. The van der Waals surface area contributed by atoms with Crippen LogP contribution < -0.4 is 10.0 Å². The van der Waals surface area contributed by atoms with Gasteiger partial charge in [-0.25, -0.2) is 18.1 Å². The van der Waals surface area contributed by atoms with Crippen molar-refractivity contribution in [3.8, 4) is 0 Å². The highest BCUT2D eigenvalue weighted by Gasteiger charge is 2.42. The molecule has 6 nitrogen and oxygen atoms in total. The zero-order valence-corrected chi connectivity index (χ0v) is 16.3. The Hall–Kier alpha value is -0.990. The molecule has 1 amide bonds. The van der Waals surface area contributed by atoms with Crippen molar-refractivity contribution in [2.75, 3.05) is 11.9 Å². The predicted molar refractivity (Wildman–Crippen MR) is 95.4 cm³/mol. The highest BCUT2D eigenvalue weighted by Crippen LogP contribution is 2.27. The molecule has 1 rings (SSSR count). The van der Waals surface area contributed by atoms with Crippen LogP contribution in [0.3, 0.4) is 0 Å². The van der Waals surface area contributed by atoms with E-state index in [1.807, 2.05) is 33.1 Å². The van der Waals surface area contributed by atoms with E-state index in [0.717, 1.165) is 18.5 Å². The van der Waals surface area contributed by atoms with E-state index in [9.17, 15) is 13.2 Å². The van der Waals surface area contributed by atoms with Crippen LogP contribution in [0, 0.1) is 0 Å². The van der Waals surface area contributed by atoms with E-state index in [-0.39, 0.29) is 5.41 Å². The van der Waals surface area contributed by atoms with Gasteiger partial charge >= 0.3 is 0 Å². The Bertz CT molecular complexity index is 643. The van der Waals surface area contributed by atoms with Crippen molar-refractivity contribution >= 4 is 32.4 Å². The van der Waals surface area contributed by atoms with Crippen molar-refractivity contribution in [3.63, 3.8) is 0 Å². The van der Waals surface area contributed by atoms with E-state index in [2.05, 4.69) is 15.0 Å². The molecule has 0 atom stereocenters. The third-order valence-electron chi connectivity index (χ3n) is 3.53. The van der Waals surface area contributed by atoms with Crippen molar-refractivity contribution in [2.45, 2.75) is 64.5 Å². The fourth-order valence-electron chi connectivity index (χ4n) is 1.61. The van der Waals surface area contributed by atoms with Crippen LogP contribution in [0.5, 0.6) is 0 Å². The highest BCUT2D eigenvalue weighted by atomic mass is 32.2. The molecule has 0 saturated heterocycles. The molecule has 1 aromatic heterocycles. The number of anilines is 1. The third-order valence-corrected chi connectivity index (χ3v) is 6.41. The number of hydrogen-bond acceptors (Lipinski definition) is 5. The monoisotopic (exact) mass is 361 g/mol. The Balaban J connectivity index is 2.85. The molecule has 0 spiro atoms. The Morgan fingerprint density at radius 1 is 1.26 bits per heavy atom. The standard InChI is InChI=1S/C15H27N3O3S2/c1-7-8-9-16-23(20,21)15(5,6)12(19)18-13-17-11(10-22-13)14(2,3)4/h10,16H,7-9H2,1-6H3,(H,17,18,19). The maximum Gasteiger partial charge on any atom is 0.248 e. The van der Waals surface area contributed by atoms with Gasteiger partial charge in [-0.2, -0.15) is 0 Å². The number of nitrogens with zero attached hydrogens (tertiary/aromatic N) is 1. The van der Waals surface area contributed by atoms with Crippen LogP contribution >= 0.6 is 11.3 Å². The number of unbranched alkanes of at least 4 members (excludes halogenated alkanes) is 1. The van der Waals surface area contributed by atoms with E-state index < -0.39 is 20.7 Å². The topological polar surface area (TPSA) is 88.2 Å². The Morgan fingerprint density at radius 2 is 1.87 bits per heavy atom. The summed E-state index contributed by atoms with van der Waals surface area (Å²) in [5.74, 6) is -0.587. The number of sulfonamides is 1. The first-order valence-corrected chi connectivity index (χ1v) is 10.0.